The molecule has 5 heteroatoms. The van der Waals surface area contributed by atoms with Crippen LogP contribution in [-0.2, 0) is 17.0 Å². The summed E-state index contributed by atoms with van der Waals surface area (Å²) in [5.74, 6) is 0. The van der Waals surface area contributed by atoms with E-state index in [1.165, 1.54) is 85.8 Å². The first-order valence-corrected chi connectivity index (χ1v) is 23.5. The zero-order chi connectivity index (χ0) is 31.0. The molecule has 2 fully saturated rings. The topological polar surface area (TPSA) is 0 Å². The van der Waals surface area contributed by atoms with E-state index in [0.717, 1.165) is 11.3 Å². The van der Waals surface area contributed by atoms with Gasteiger partial charge in [-0.3, -0.25) is 0 Å². The maximum Gasteiger partial charge on any atom is -0.0181 e. The Morgan fingerprint density at radius 3 is 1.37 bits per heavy atom. The van der Waals surface area contributed by atoms with E-state index in [4.69, 9.17) is 18.6 Å². The third-order valence-electron chi connectivity index (χ3n) is 9.04. The van der Waals surface area contributed by atoms with Gasteiger partial charge in [0.1, 0.15) is 0 Å². The molecule has 0 bridgehead atoms. The van der Waals surface area contributed by atoms with E-state index >= 15 is 0 Å². The normalized spacial score (nSPS) is 17.1. The molecule has 2 aliphatic rings. The Morgan fingerprint density at radius 2 is 0.977 bits per heavy atom. The maximum absolute atomic E-state index is 4.89. The first kappa shape index (κ1) is 35.7. The molecule has 234 valence electrons. The molecule has 0 heterocycles. The summed E-state index contributed by atoms with van der Waals surface area (Å²) in [7, 11) is 9.65. The van der Waals surface area contributed by atoms with E-state index in [1.54, 1.807) is 10.6 Å². The Bertz CT molecular complexity index is 1280. The largest absolute Gasteiger partial charge is 0.161 e. The molecule has 0 nitrogen and oxygen atoms in total. The van der Waals surface area contributed by atoms with Crippen molar-refractivity contribution in [2.75, 3.05) is 0 Å². The number of benzene rings is 2. The van der Waals surface area contributed by atoms with Gasteiger partial charge in [0.05, 0.1) is 0 Å². The Balaban J connectivity index is 0.000000184. The van der Waals surface area contributed by atoms with Crippen LogP contribution in [0.2, 0.25) is 0 Å². The zero-order valence-electron chi connectivity index (χ0n) is 27.3. The van der Waals surface area contributed by atoms with Gasteiger partial charge < -0.3 is 0 Å². The van der Waals surface area contributed by atoms with Crippen LogP contribution in [0.5, 0.6) is 0 Å². The standard InChI is InChI=1S/C21H28P.C17H24P.2ClH.Ti/c1-3-11-19(12-4-1)22(20-13-5-2-6-14-20)21-15-17-9-7-8-10-18(17)16-21;1-16(2,3)18(17(4,5)6)15-11-13-9-7-8-10-14(13)12-15;;;/h7-10,15-16,19-20H,1-6,11-14H2;7-12H,1-6H3;2*1H;/q2*-1;;;+2/p-2. The molecule has 43 heavy (non-hydrogen) atoms. The van der Waals surface area contributed by atoms with Crippen molar-refractivity contribution in [1.29, 1.82) is 0 Å². The minimum atomic E-state index is -0.556. The molecule has 2 aliphatic carbocycles. The van der Waals surface area contributed by atoms with E-state index in [0.29, 0.717) is 10.3 Å². The third-order valence-corrected chi connectivity index (χ3v) is 16.0. The van der Waals surface area contributed by atoms with Crippen LogP contribution < -0.4 is 10.6 Å². The Kier molecular flexibility index (Phi) is 13.8. The maximum atomic E-state index is 4.89. The molecule has 4 aromatic rings. The van der Waals surface area contributed by atoms with Crippen LogP contribution in [0.4, 0.5) is 0 Å². The molecule has 0 spiro atoms. The van der Waals surface area contributed by atoms with Crippen molar-refractivity contribution in [3.05, 3.63) is 72.8 Å². The Labute approximate surface area is 282 Å². The van der Waals surface area contributed by atoms with Gasteiger partial charge in [0.25, 0.3) is 0 Å². The Hall–Kier alpha value is -0.186. The predicted octanol–water partition coefficient (Wildman–Crippen LogP) is 13.0. The molecule has 0 saturated heterocycles. The molecular weight excluding hydrogens is 637 g/mol. The van der Waals surface area contributed by atoms with Gasteiger partial charge in [0.15, 0.2) is 0 Å². The molecule has 0 radical (unpaired) electrons. The molecule has 0 atom stereocenters. The molecule has 0 aliphatic heterocycles. The van der Waals surface area contributed by atoms with E-state index in [1.807, 2.05) is 0 Å². The average molecular weight is 690 g/mol. The average Bonchev–Trinajstić information content (AvgIpc) is 3.57. The number of hydrogen-bond acceptors (Lipinski definition) is 0. The summed E-state index contributed by atoms with van der Waals surface area (Å²) in [6.07, 6.45) is 14.9. The van der Waals surface area contributed by atoms with Crippen molar-refractivity contribution >= 4 is 66.6 Å². The molecule has 0 N–H and O–H groups in total. The Morgan fingerprint density at radius 1 is 0.605 bits per heavy atom. The van der Waals surface area contributed by atoms with E-state index < -0.39 is 17.0 Å². The minimum absolute atomic E-state index is 0.0611. The number of fused-ring (bicyclic) bond motifs is 2. The van der Waals surface area contributed by atoms with Gasteiger partial charge in [0.2, 0.25) is 0 Å². The second-order valence-electron chi connectivity index (χ2n) is 14.4. The third kappa shape index (κ3) is 9.90. The van der Waals surface area contributed by atoms with Crippen molar-refractivity contribution in [3.8, 4) is 0 Å². The molecule has 0 aromatic heterocycles. The fourth-order valence-corrected chi connectivity index (χ4v) is 15.7. The van der Waals surface area contributed by atoms with Crippen molar-refractivity contribution in [2.24, 2.45) is 0 Å². The summed E-state index contributed by atoms with van der Waals surface area (Å²) >= 11 is -0.556. The summed E-state index contributed by atoms with van der Waals surface area (Å²) in [6, 6.07) is 27.6. The summed E-state index contributed by atoms with van der Waals surface area (Å²) in [6.45, 7) is 14.3. The van der Waals surface area contributed by atoms with Crippen molar-refractivity contribution < 1.29 is 17.0 Å². The van der Waals surface area contributed by atoms with Gasteiger partial charge in [-0.05, 0) is 47.3 Å². The van der Waals surface area contributed by atoms with Crippen LogP contribution in [0.1, 0.15) is 106 Å². The number of halogens is 2. The van der Waals surface area contributed by atoms with Gasteiger partial charge in [-0.1, -0.05) is 108 Å². The number of rotatable bonds is 4. The molecule has 2 saturated carbocycles. The van der Waals surface area contributed by atoms with Crippen LogP contribution in [0.15, 0.2) is 72.8 Å². The smallest absolute Gasteiger partial charge is 0.0181 e. The SMILES string of the molecule is CC(C)(C)P(c1cc2ccccc2[cH-]1)C(C)(C)C.[Cl][Ti][Cl].c1ccc2[cH-]c(P(C3CCCCC3)C3CCCCC3)cc2c1. The number of hydrogen-bond donors (Lipinski definition) is 0. The van der Waals surface area contributed by atoms with Gasteiger partial charge in [-0.2, -0.15) is 12.1 Å². The van der Waals surface area contributed by atoms with Crippen LogP contribution in [0, 0.1) is 0 Å². The first-order valence-electron chi connectivity index (χ1n) is 16.4. The van der Waals surface area contributed by atoms with Gasteiger partial charge >= 0.3 is 35.6 Å². The predicted molar refractivity (Wildman–Crippen MR) is 197 cm³/mol. The quantitative estimate of drug-likeness (QED) is 0.114. The summed E-state index contributed by atoms with van der Waals surface area (Å²) < 4.78 is 0. The second-order valence-corrected chi connectivity index (χ2v) is 23.7. The molecular formula is C38H52Cl2P2Ti-2. The van der Waals surface area contributed by atoms with Crippen molar-refractivity contribution in [3.63, 3.8) is 0 Å². The monoisotopic (exact) mass is 688 g/mol. The second kappa shape index (κ2) is 16.6. The summed E-state index contributed by atoms with van der Waals surface area (Å²) in [5.41, 5.74) is 2.03. The fraction of sp³-hybridized carbons (Fsp3) is 0.526. The van der Waals surface area contributed by atoms with Gasteiger partial charge in [0, 0.05) is 0 Å². The van der Waals surface area contributed by atoms with Crippen LogP contribution in [0.3, 0.4) is 0 Å². The minimum Gasteiger partial charge on any atom is -0.161 e. The van der Waals surface area contributed by atoms with E-state index in [2.05, 4.69) is 114 Å². The van der Waals surface area contributed by atoms with Crippen LogP contribution in [-0.4, -0.2) is 21.6 Å². The van der Waals surface area contributed by atoms with E-state index in [9.17, 15) is 0 Å². The van der Waals surface area contributed by atoms with Gasteiger partial charge in [-0.15, -0.1) is 80.7 Å². The van der Waals surface area contributed by atoms with E-state index in [-0.39, 0.29) is 15.8 Å². The molecule has 0 amide bonds. The molecule has 6 rings (SSSR count). The van der Waals surface area contributed by atoms with Gasteiger partial charge in [-0.25, -0.2) is 0 Å². The molecule has 4 aromatic carbocycles. The summed E-state index contributed by atoms with van der Waals surface area (Å²) in [4.78, 5) is 0. The molecule has 0 unspecified atom stereocenters. The van der Waals surface area contributed by atoms with Crippen LogP contribution in [0.25, 0.3) is 21.5 Å². The first-order chi connectivity index (χ1) is 20.5. The van der Waals surface area contributed by atoms with Crippen LogP contribution >= 0.6 is 34.5 Å². The summed E-state index contributed by atoms with van der Waals surface area (Å²) in [5, 5.41) is 9.67. The fourth-order valence-electron chi connectivity index (χ4n) is 7.77. The van der Waals surface area contributed by atoms with Crippen molar-refractivity contribution in [1.82, 2.24) is 0 Å². The van der Waals surface area contributed by atoms with Crippen molar-refractivity contribution in [2.45, 2.75) is 127 Å². The zero-order valence-corrected chi connectivity index (χ0v) is 32.2.